The second kappa shape index (κ2) is 6.02. The smallest absolute Gasteiger partial charge is 0.271 e. The molecule has 0 fully saturated rings. The van der Waals surface area contributed by atoms with Crippen LogP contribution in [0.15, 0.2) is 53.5 Å². The fraction of sp³-hybridized carbons (Fsp3) is 0. The molecule has 7 heteroatoms. The number of benzene rings is 2. The molecule has 0 saturated heterocycles. The SMILES string of the molecule is O=[N+]([O-])c1ccc(O)c(/N=C/c2cc3ccccc3nc2Cl)c1. The molecule has 1 aromatic heterocycles. The number of phenolic OH excluding ortho intramolecular Hbond substituents is 1. The van der Waals surface area contributed by atoms with Crippen molar-refractivity contribution in [3.05, 3.63) is 69.4 Å². The number of aliphatic imine (C=N–C) groups is 1. The van der Waals surface area contributed by atoms with Gasteiger partial charge in [0.25, 0.3) is 5.69 Å². The Labute approximate surface area is 135 Å². The Morgan fingerprint density at radius 3 is 2.78 bits per heavy atom. The third-order valence-corrected chi connectivity index (χ3v) is 3.52. The maximum atomic E-state index is 10.8. The van der Waals surface area contributed by atoms with Crippen LogP contribution in [-0.4, -0.2) is 21.2 Å². The Balaban J connectivity index is 2.01. The van der Waals surface area contributed by atoms with E-state index in [9.17, 15) is 15.2 Å². The van der Waals surface area contributed by atoms with Crippen LogP contribution in [0.1, 0.15) is 5.56 Å². The Bertz CT molecular complexity index is 941. The third kappa shape index (κ3) is 3.12. The lowest BCUT2D eigenvalue weighted by Crippen LogP contribution is -1.89. The van der Waals surface area contributed by atoms with Crippen LogP contribution in [0.25, 0.3) is 10.9 Å². The first-order valence-electron chi connectivity index (χ1n) is 6.61. The van der Waals surface area contributed by atoms with Crippen LogP contribution in [0.4, 0.5) is 11.4 Å². The molecule has 1 heterocycles. The highest BCUT2D eigenvalue weighted by atomic mass is 35.5. The van der Waals surface area contributed by atoms with E-state index in [2.05, 4.69) is 9.98 Å². The van der Waals surface area contributed by atoms with Crippen LogP contribution in [0, 0.1) is 10.1 Å². The van der Waals surface area contributed by atoms with Crippen molar-refractivity contribution in [3.8, 4) is 5.75 Å². The summed E-state index contributed by atoms with van der Waals surface area (Å²) in [6.07, 6.45) is 1.42. The number of hydrogen-bond acceptors (Lipinski definition) is 5. The third-order valence-electron chi connectivity index (χ3n) is 3.22. The molecule has 0 radical (unpaired) electrons. The van der Waals surface area contributed by atoms with Gasteiger partial charge < -0.3 is 5.11 Å². The molecule has 114 valence electrons. The zero-order valence-electron chi connectivity index (χ0n) is 11.7. The molecule has 2 aromatic carbocycles. The topological polar surface area (TPSA) is 88.6 Å². The van der Waals surface area contributed by atoms with Gasteiger partial charge in [-0.15, -0.1) is 0 Å². The number of halogens is 1. The van der Waals surface area contributed by atoms with Crippen molar-refractivity contribution in [1.29, 1.82) is 0 Å². The maximum Gasteiger partial charge on any atom is 0.271 e. The number of phenols is 1. The molecule has 0 saturated carbocycles. The number of para-hydroxylation sites is 1. The lowest BCUT2D eigenvalue weighted by Gasteiger charge is -2.02. The van der Waals surface area contributed by atoms with Crippen molar-refractivity contribution in [1.82, 2.24) is 4.98 Å². The Kier molecular flexibility index (Phi) is 3.91. The monoisotopic (exact) mass is 327 g/mol. The average molecular weight is 328 g/mol. The minimum absolute atomic E-state index is 0.0865. The highest BCUT2D eigenvalue weighted by Gasteiger charge is 2.09. The van der Waals surface area contributed by atoms with Gasteiger partial charge in [-0.2, -0.15) is 0 Å². The summed E-state index contributed by atoms with van der Waals surface area (Å²) in [7, 11) is 0. The predicted molar refractivity (Wildman–Crippen MR) is 88.8 cm³/mol. The Hall–Kier alpha value is -2.99. The van der Waals surface area contributed by atoms with Crippen LogP contribution >= 0.6 is 11.6 Å². The van der Waals surface area contributed by atoms with E-state index in [-0.39, 0.29) is 22.3 Å². The molecular weight excluding hydrogens is 318 g/mol. The fourth-order valence-corrected chi connectivity index (χ4v) is 2.26. The number of nitrogens with zero attached hydrogens (tertiary/aromatic N) is 3. The molecule has 0 amide bonds. The number of pyridine rings is 1. The summed E-state index contributed by atoms with van der Waals surface area (Å²) in [6.45, 7) is 0. The van der Waals surface area contributed by atoms with E-state index in [0.717, 1.165) is 10.9 Å². The minimum Gasteiger partial charge on any atom is -0.506 e. The predicted octanol–water partition coefficient (Wildman–Crippen LogP) is 4.25. The highest BCUT2D eigenvalue weighted by Crippen LogP contribution is 2.30. The molecule has 0 atom stereocenters. The quantitative estimate of drug-likeness (QED) is 0.337. The number of rotatable bonds is 3. The normalized spacial score (nSPS) is 11.2. The first-order valence-corrected chi connectivity index (χ1v) is 6.99. The summed E-state index contributed by atoms with van der Waals surface area (Å²) in [5.74, 6) is -0.156. The molecule has 23 heavy (non-hydrogen) atoms. The number of hydrogen-bond donors (Lipinski definition) is 1. The van der Waals surface area contributed by atoms with Gasteiger partial charge in [-0.05, 0) is 18.2 Å². The number of nitro benzene ring substituents is 1. The average Bonchev–Trinajstić information content (AvgIpc) is 2.54. The molecule has 0 aliphatic heterocycles. The first-order chi connectivity index (χ1) is 11.0. The van der Waals surface area contributed by atoms with E-state index in [0.29, 0.717) is 5.56 Å². The minimum atomic E-state index is -0.553. The molecule has 0 aliphatic rings. The molecule has 0 bridgehead atoms. The number of fused-ring (bicyclic) bond motifs is 1. The number of aromatic hydroxyl groups is 1. The Morgan fingerprint density at radius 1 is 1.22 bits per heavy atom. The van der Waals surface area contributed by atoms with Crippen molar-refractivity contribution in [3.63, 3.8) is 0 Å². The second-order valence-corrected chi connectivity index (χ2v) is 5.11. The van der Waals surface area contributed by atoms with Gasteiger partial charge in [-0.3, -0.25) is 15.1 Å². The molecular formula is C16H10ClN3O3. The lowest BCUT2D eigenvalue weighted by atomic mass is 10.2. The maximum absolute atomic E-state index is 10.8. The van der Waals surface area contributed by atoms with Gasteiger partial charge in [0.05, 0.1) is 10.4 Å². The molecule has 0 spiro atoms. The van der Waals surface area contributed by atoms with E-state index in [1.54, 1.807) is 0 Å². The van der Waals surface area contributed by atoms with Crippen molar-refractivity contribution < 1.29 is 10.0 Å². The molecule has 0 unspecified atom stereocenters. The van der Waals surface area contributed by atoms with Crippen molar-refractivity contribution in [2.24, 2.45) is 4.99 Å². The zero-order valence-corrected chi connectivity index (χ0v) is 12.4. The number of nitro groups is 1. The Morgan fingerprint density at radius 2 is 2.00 bits per heavy atom. The van der Waals surface area contributed by atoms with E-state index >= 15 is 0 Å². The summed E-state index contributed by atoms with van der Waals surface area (Å²) in [5, 5.41) is 21.7. The van der Waals surface area contributed by atoms with Crippen LogP contribution in [0.3, 0.4) is 0 Å². The van der Waals surface area contributed by atoms with Gasteiger partial charge in [0, 0.05) is 29.3 Å². The van der Waals surface area contributed by atoms with Gasteiger partial charge in [-0.1, -0.05) is 29.8 Å². The summed E-state index contributed by atoms with van der Waals surface area (Å²) < 4.78 is 0. The molecule has 3 rings (SSSR count). The molecule has 3 aromatic rings. The van der Waals surface area contributed by atoms with Crippen LogP contribution in [0.5, 0.6) is 5.75 Å². The van der Waals surface area contributed by atoms with Crippen molar-refractivity contribution >= 4 is 40.1 Å². The number of non-ortho nitro benzene ring substituents is 1. The van der Waals surface area contributed by atoms with E-state index < -0.39 is 4.92 Å². The van der Waals surface area contributed by atoms with Gasteiger partial charge in [0.1, 0.15) is 16.6 Å². The summed E-state index contributed by atoms with van der Waals surface area (Å²) >= 11 is 6.12. The number of aromatic nitrogens is 1. The standard InChI is InChI=1S/C16H10ClN3O3/c17-16-11(7-10-3-1-2-4-13(10)19-16)9-18-14-8-12(20(22)23)5-6-15(14)21/h1-9,21H/b18-9+. The second-order valence-electron chi connectivity index (χ2n) is 4.75. The lowest BCUT2D eigenvalue weighted by molar-refractivity contribution is -0.384. The van der Waals surface area contributed by atoms with E-state index in [1.165, 1.54) is 24.4 Å². The fourth-order valence-electron chi connectivity index (χ4n) is 2.07. The van der Waals surface area contributed by atoms with Gasteiger partial charge >= 0.3 is 0 Å². The van der Waals surface area contributed by atoms with Gasteiger partial charge in [0.15, 0.2) is 0 Å². The summed E-state index contributed by atoms with van der Waals surface area (Å²) in [5.41, 5.74) is 1.24. The van der Waals surface area contributed by atoms with E-state index in [4.69, 9.17) is 11.6 Å². The van der Waals surface area contributed by atoms with Crippen LogP contribution in [-0.2, 0) is 0 Å². The molecule has 1 N–H and O–H groups in total. The summed E-state index contributed by atoms with van der Waals surface area (Å²) in [4.78, 5) is 18.6. The van der Waals surface area contributed by atoms with Crippen molar-refractivity contribution in [2.45, 2.75) is 0 Å². The largest absolute Gasteiger partial charge is 0.506 e. The first kappa shape index (κ1) is 14.9. The van der Waals surface area contributed by atoms with Gasteiger partial charge in [0.2, 0.25) is 0 Å². The van der Waals surface area contributed by atoms with Crippen molar-refractivity contribution in [2.75, 3.05) is 0 Å². The van der Waals surface area contributed by atoms with Crippen LogP contribution < -0.4 is 0 Å². The van der Waals surface area contributed by atoms with Crippen LogP contribution in [0.2, 0.25) is 5.15 Å². The van der Waals surface area contributed by atoms with Gasteiger partial charge in [-0.25, -0.2) is 4.98 Å². The molecule has 6 nitrogen and oxygen atoms in total. The zero-order chi connectivity index (χ0) is 16.4. The molecule has 0 aliphatic carbocycles. The van der Waals surface area contributed by atoms with E-state index in [1.807, 2.05) is 30.3 Å². The summed E-state index contributed by atoms with van der Waals surface area (Å²) in [6, 6.07) is 12.9. The highest BCUT2D eigenvalue weighted by molar-refractivity contribution is 6.32.